The smallest absolute Gasteiger partial charge is 0.126 e. The van der Waals surface area contributed by atoms with Crippen LogP contribution in [0.2, 0.25) is 0 Å². The zero-order valence-corrected chi connectivity index (χ0v) is 11.6. The first-order chi connectivity index (χ1) is 9.77. The summed E-state index contributed by atoms with van der Waals surface area (Å²) in [5, 5.41) is 8.63. The first kappa shape index (κ1) is 14.6. The molecule has 1 aliphatic rings. The van der Waals surface area contributed by atoms with Gasteiger partial charge in [-0.2, -0.15) is 0 Å². The van der Waals surface area contributed by atoms with E-state index >= 15 is 0 Å². The van der Waals surface area contributed by atoms with Crippen LogP contribution in [0.15, 0.2) is 54.6 Å². The Kier molecular flexibility index (Phi) is 5.60. The lowest BCUT2D eigenvalue weighted by Gasteiger charge is -2.22. The van der Waals surface area contributed by atoms with E-state index in [9.17, 15) is 4.39 Å². The number of hydrogen-bond donors (Lipinski definition) is 1. The molecule has 2 heteroatoms. The van der Waals surface area contributed by atoms with Crippen molar-refractivity contribution in [3.8, 4) is 5.75 Å². The van der Waals surface area contributed by atoms with Crippen LogP contribution < -0.4 is 0 Å². The molecule has 0 spiro atoms. The number of para-hydroxylation sites is 1. The number of hydrogen-bond acceptors (Lipinski definition) is 1. The molecule has 1 fully saturated rings. The molecule has 0 bridgehead atoms. The summed E-state index contributed by atoms with van der Waals surface area (Å²) in [6.45, 7) is 0. The first-order valence-corrected chi connectivity index (χ1v) is 7.26. The Labute approximate surface area is 120 Å². The lowest BCUT2D eigenvalue weighted by atomic mass is 9.84. The maximum absolute atomic E-state index is 13.4. The minimum absolute atomic E-state index is 0.0191. The number of phenolic OH excluding ortho intramolecular Hbond substituents is 1. The highest BCUT2D eigenvalue weighted by Crippen LogP contribution is 2.33. The van der Waals surface area contributed by atoms with Crippen LogP contribution in [0.4, 0.5) is 4.39 Å². The van der Waals surface area contributed by atoms with Gasteiger partial charge in [-0.3, -0.25) is 0 Å². The monoisotopic (exact) mass is 272 g/mol. The van der Waals surface area contributed by atoms with Gasteiger partial charge in [-0.05, 0) is 42.5 Å². The van der Waals surface area contributed by atoms with Gasteiger partial charge in [0, 0.05) is 0 Å². The Morgan fingerprint density at radius 3 is 1.95 bits per heavy atom. The summed E-state index contributed by atoms with van der Waals surface area (Å²) in [4.78, 5) is 0. The molecule has 0 saturated heterocycles. The van der Waals surface area contributed by atoms with Gasteiger partial charge in [-0.15, -0.1) is 0 Å². The highest BCUT2D eigenvalue weighted by atomic mass is 19.1. The van der Waals surface area contributed by atoms with Crippen molar-refractivity contribution in [1.29, 1.82) is 0 Å². The zero-order chi connectivity index (χ0) is 14.2. The lowest BCUT2D eigenvalue weighted by Crippen LogP contribution is -2.06. The van der Waals surface area contributed by atoms with Crippen LogP contribution in [0.3, 0.4) is 0 Å². The van der Waals surface area contributed by atoms with Crippen LogP contribution in [0, 0.1) is 5.82 Å². The van der Waals surface area contributed by atoms with Crippen molar-refractivity contribution in [3.05, 3.63) is 66.0 Å². The Morgan fingerprint density at radius 1 is 0.800 bits per heavy atom. The normalized spacial score (nSPS) is 15.2. The van der Waals surface area contributed by atoms with Crippen molar-refractivity contribution in [2.45, 2.75) is 38.0 Å². The highest BCUT2D eigenvalue weighted by Gasteiger charge is 2.17. The summed E-state index contributed by atoms with van der Waals surface area (Å²) in [7, 11) is 0. The topological polar surface area (TPSA) is 20.2 Å². The fourth-order valence-electron chi connectivity index (χ4n) is 2.65. The van der Waals surface area contributed by atoms with Gasteiger partial charge in [0.25, 0.3) is 0 Å². The van der Waals surface area contributed by atoms with E-state index in [0.717, 1.165) is 5.56 Å². The van der Waals surface area contributed by atoms with Crippen molar-refractivity contribution in [2.75, 3.05) is 0 Å². The summed E-state index contributed by atoms with van der Waals surface area (Å²) in [5.41, 5.74) is 0.933. The fourth-order valence-corrected chi connectivity index (χ4v) is 2.65. The van der Waals surface area contributed by atoms with Gasteiger partial charge in [-0.1, -0.05) is 55.7 Å². The zero-order valence-electron chi connectivity index (χ0n) is 11.6. The largest absolute Gasteiger partial charge is 0.508 e. The number of aromatic hydroxyl groups is 1. The molecule has 0 radical (unpaired) electrons. The summed E-state index contributed by atoms with van der Waals surface area (Å²) in [5.74, 6) is 0.784. The number of benzene rings is 2. The number of rotatable bonds is 1. The summed E-state index contributed by atoms with van der Waals surface area (Å²) >= 11 is 0. The number of phenols is 1. The van der Waals surface area contributed by atoms with Crippen LogP contribution in [0.5, 0.6) is 5.75 Å². The van der Waals surface area contributed by atoms with Crippen molar-refractivity contribution in [1.82, 2.24) is 0 Å². The number of halogens is 1. The first-order valence-electron chi connectivity index (χ1n) is 7.26. The molecule has 106 valence electrons. The third kappa shape index (κ3) is 4.37. The predicted molar refractivity (Wildman–Crippen MR) is 80.3 cm³/mol. The van der Waals surface area contributed by atoms with Crippen LogP contribution in [0.25, 0.3) is 0 Å². The quantitative estimate of drug-likeness (QED) is 0.750. The second-order valence-corrected chi connectivity index (χ2v) is 5.19. The van der Waals surface area contributed by atoms with E-state index in [1.807, 2.05) is 18.2 Å². The van der Waals surface area contributed by atoms with Gasteiger partial charge in [-0.25, -0.2) is 4.39 Å². The van der Waals surface area contributed by atoms with E-state index < -0.39 is 0 Å². The highest BCUT2D eigenvalue weighted by molar-refractivity contribution is 5.22. The average Bonchev–Trinajstić information content (AvgIpc) is 2.50. The molecule has 2 aromatic carbocycles. The Balaban J connectivity index is 0.000000178. The van der Waals surface area contributed by atoms with Crippen molar-refractivity contribution >= 4 is 0 Å². The molecular formula is C18H21FO. The molecule has 1 N–H and O–H groups in total. The van der Waals surface area contributed by atoms with E-state index in [2.05, 4.69) is 0 Å². The van der Waals surface area contributed by atoms with E-state index in [4.69, 9.17) is 5.11 Å². The summed E-state index contributed by atoms with van der Waals surface area (Å²) in [6, 6.07) is 15.9. The Hall–Kier alpha value is -1.83. The maximum atomic E-state index is 13.4. The third-order valence-electron chi connectivity index (χ3n) is 3.71. The third-order valence-corrected chi connectivity index (χ3v) is 3.71. The van der Waals surface area contributed by atoms with E-state index in [1.54, 1.807) is 36.4 Å². The molecule has 1 nitrogen and oxygen atoms in total. The average molecular weight is 272 g/mol. The van der Waals surface area contributed by atoms with Crippen LogP contribution in [-0.2, 0) is 0 Å². The lowest BCUT2D eigenvalue weighted by molar-refractivity contribution is 0.430. The minimum atomic E-state index is -0.0191. The van der Waals surface area contributed by atoms with Crippen molar-refractivity contribution < 1.29 is 9.50 Å². The van der Waals surface area contributed by atoms with E-state index in [-0.39, 0.29) is 5.82 Å². The van der Waals surface area contributed by atoms with Gasteiger partial charge >= 0.3 is 0 Å². The van der Waals surface area contributed by atoms with Crippen LogP contribution >= 0.6 is 0 Å². The maximum Gasteiger partial charge on any atom is 0.126 e. The van der Waals surface area contributed by atoms with Gasteiger partial charge in [0.05, 0.1) is 0 Å². The molecule has 0 aromatic heterocycles. The molecular weight excluding hydrogens is 251 g/mol. The molecule has 0 aliphatic heterocycles. The van der Waals surface area contributed by atoms with Gasteiger partial charge in [0.15, 0.2) is 0 Å². The van der Waals surface area contributed by atoms with Gasteiger partial charge in [0.2, 0.25) is 0 Å². The molecule has 20 heavy (non-hydrogen) atoms. The van der Waals surface area contributed by atoms with Crippen molar-refractivity contribution in [2.24, 2.45) is 0 Å². The van der Waals surface area contributed by atoms with Gasteiger partial charge in [0.1, 0.15) is 11.6 Å². The molecule has 0 heterocycles. The van der Waals surface area contributed by atoms with E-state index in [1.165, 1.54) is 32.1 Å². The molecule has 0 atom stereocenters. The molecule has 2 aromatic rings. The predicted octanol–water partition coefficient (Wildman–Crippen LogP) is 5.27. The summed E-state index contributed by atoms with van der Waals surface area (Å²) in [6.07, 6.45) is 6.19. The van der Waals surface area contributed by atoms with Crippen LogP contribution in [-0.4, -0.2) is 5.11 Å². The molecule has 0 amide bonds. The second-order valence-electron chi connectivity index (χ2n) is 5.19. The molecule has 0 unspecified atom stereocenters. The van der Waals surface area contributed by atoms with Crippen molar-refractivity contribution in [3.63, 3.8) is 0 Å². The fraction of sp³-hybridized carbons (Fsp3) is 0.333. The van der Waals surface area contributed by atoms with Gasteiger partial charge < -0.3 is 5.11 Å². The Morgan fingerprint density at radius 2 is 1.40 bits per heavy atom. The molecule has 1 aliphatic carbocycles. The van der Waals surface area contributed by atoms with E-state index in [0.29, 0.717) is 11.7 Å². The van der Waals surface area contributed by atoms with Crippen LogP contribution in [0.1, 0.15) is 43.6 Å². The molecule has 3 rings (SSSR count). The standard InChI is InChI=1S/C12H15F.C6H6O/c13-12-9-5-4-8-11(12)10-6-2-1-3-7-10;7-6-4-2-1-3-5-6/h4-5,8-10H,1-3,6-7H2;1-5,7H. The SMILES string of the molecule is Fc1ccccc1C1CCCCC1.Oc1ccccc1. The molecule has 1 saturated carbocycles. The minimum Gasteiger partial charge on any atom is -0.508 e. The summed E-state index contributed by atoms with van der Waals surface area (Å²) < 4.78 is 13.4. The second kappa shape index (κ2) is 7.68. The Bertz CT molecular complexity index is 504.